The Morgan fingerprint density at radius 3 is 2.78 bits per heavy atom. The van der Waals surface area contributed by atoms with Crippen LogP contribution in [0.4, 0.5) is 0 Å². The molecule has 0 unspecified atom stereocenters. The Balaban J connectivity index is 2.32. The third kappa shape index (κ3) is 5.11. The molecule has 1 heterocycles. The molecule has 0 aliphatic rings. The van der Waals surface area contributed by atoms with Crippen LogP contribution in [0.25, 0.3) is 0 Å². The molecule has 2 N–H and O–H groups in total. The van der Waals surface area contributed by atoms with Crippen molar-refractivity contribution in [3.05, 3.63) is 29.0 Å². The van der Waals surface area contributed by atoms with Crippen LogP contribution in [0.15, 0.2) is 18.3 Å². The van der Waals surface area contributed by atoms with E-state index in [0.717, 1.165) is 0 Å². The minimum absolute atomic E-state index is 0.0921. The van der Waals surface area contributed by atoms with E-state index in [4.69, 9.17) is 16.3 Å². The molecule has 98 valence electrons. The van der Waals surface area contributed by atoms with Crippen molar-refractivity contribution in [3.8, 4) is 0 Å². The summed E-state index contributed by atoms with van der Waals surface area (Å²) in [6.07, 6.45) is 1.35. The average molecular weight is 272 g/mol. The predicted octanol–water partition coefficient (Wildman–Crippen LogP) is 0.227. The summed E-state index contributed by atoms with van der Waals surface area (Å²) in [5.41, 5.74) is 0.351. The molecular weight excluding hydrogens is 258 g/mol. The minimum atomic E-state index is -0.374. The van der Waals surface area contributed by atoms with Crippen LogP contribution in [0, 0.1) is 0 Å². The molecule has 1 rings (SSSR count). The molecule has 0 saturated carbocycles. The first-order chi connectivity index (χ1) is 8.63. The molecule has 0 aliphatic carbocycles. The Morgan fingerprint density at radius 1 is 1.39 bits per heavy atom. The summed E-state index contributed by atoms with van der Waals surface area (Å²) in [4.78, 5) is 26.7. The second-order valence-electron chi connectivity index (χ2n) is 3.40. The Labute approximate surface area is 110 Å². The lowest BCUT2D eigenvalue weighted by Crippen LogP contribution is -2.38. The van der Waals surface area contributed by atoms with Gasteiger partial charge in [0.15, 0.2) is 0 Å². The summed E-state index contributed by atoms with van der Waals surface area (Å²) in [7, 11) is 1.54. The van der Waals surface area contributed by atoms with Crippen molar-refractivity contribution in [1.82, 2.24) is 15.6 Å². The molecule has 1 aromatic rings. The van der Waals surface area contributed by atoms with E-state index in [2.05, 4.69) is 15.6 Å². The van der Waals surface area contributed by atoms with Crippen LogP contribution in [0.5, 0.6) is 0 Å². The van der Waals surface area contributed by atoms with Gasteiger partial charge in [0.05, 0.1) is 18.7 Å². The minimum Gasteiger partial charge on any atom is -0.383 e. The second kappa shape index (κ2) is 7.62. The fourth-order valence-electron chi connectivity index (χ4n) is 1.13. The molecule has 18 heavy (non-hydrogen) atoms. The van der Waals surface area contributed by atoms with Gasteiger partial charge in [-0.3, -0.25) is 9.59 Å². The first-order valence-electron chi connectivity index (χ1n) is 5.29. The number of carbonyl (C=O) groups excluding carboxylic acids is 2. The van der Waals surface area contributed by atoms with Gasteiger partial charge in [0.2, 0.25) is 5.91 Å². The number of methoxy groups -OCH3 is 1. The van der Waals surface area contributed by atoms with Gasteiger partial charge in [0, 0.05) is 19.9 Å². The smallest absolute Gasteiger partial charge is 0.253 e. The van der Waals surface area contributed by atoms with Crippen LogP contribution in [0.3, 0.4) is 0 Å². The van der Waals surface area contributed by atoms with Gasteiger partial charge in [-0.05, 0) is 12.1 Å². The largest absolute Gasteiger partial charge is 0.383 e. The highest BCUT2D eigenvalue weighted by Crippen LogP contribution is 2.04. The molecule has 6 nitrogen and oxygen atoms in total. The zero-order chi connectivity index (χ0) is 13.4. The molecule has 0 spiro atoms. The maximum atomic E-state index is 11.6. The monoisotopic (exact) mass is 271 g/mol. The molecule has 0 aliphatic heterocycles. The van der Waals surface area contributed by atoms with Crippen molar-refractivity contribution < 1.29 is 14.3 Å². The van der Waals surface area contributed by atoms with Crippen LogP contribution in [-0.4, -0.2) is 43.6 Å². The highest BCUT2D eigenvalue weighted by atomic mass is 35.5. The molecule has 0 atom stereocenters. The lowest BCUT2D eigenvalue weighted by Gasteiger charge is -2.06. The number of pyridine rings is 1. The van der Waals surface area contributed by atoms with Gasteiger partial charge >= 0.3 is 0 Å². The van der Waals surface area contributed by atoms with Crippen LogP contribution >= 0.6 is 11.6 Å². The fourth-order valence-corrected chi connectivity index (χ4v) is 1.24. The summed E-state index contributed by atoms with van der Waals surface area (Å²) in [6.45, 7) is 0.750. The highest BCUT2D eigenvalue weighted by Gasteiger charge is 2.07. The standard InChI is InChI=1S/C11H14ClN3O3/c1-18-5-4-13-10(16)7-15-11(17)8-2-3-9(12)14-6-8/h2-3,6H,4-5,7H2,1H3,(H,13,16)(H,15,17). The van der Waals surface area contributed by atoms with E-state index in [1.54, 1.807) is 7.11 Å². The number of nitrogens with one attached hydrogen (secondary N) is 2. The number of amides is 2. The van der Waals surface area contributed by atoms with E-state index in [-0.39, 0.29) is 18.4 Å². The molecule has 0 saturated heterocycles. The number of aromatic nitrogens is 1. The number of hydrogen-bond donors (Lipinski definition) is 2. The van der Waals surface area contributed by atoms with Gasteiger partial charge < -0.3 is 15.4 Å². The summed E-state index contributed by atoms with van der Waals surface area (Å²) in [5, 5.41) is 5.36. The Bertz CT molecular complexity index is 408. The third-order valence-electron chi connectivity index (χ3n) is 2.03. The first-order valence-corrected chi connectivity index (χ1v) is 5.66. The van der Waals surface area contributed by atoms with Crippen molar-refractivity contribution in [1.29, 1.82) is 0 Å². The molecule has 2 amide bonds. The number of halogens is 1. The second-order valence-corrected chi connectivity index (χ2v) is 3.78. The SMILES string of the molecule is COCCNC(=O)CNC(=O)c1ccc(Cl)nc1. The highest BCUT2D eigenvalue weighted by molar-refractivity contribution is 6.29. The number of nitrogens with zero attached hydrogens (tertiary/aromatic N) is 1. The maximum Gasteiger partial charge on any atom is 0.253 e. The molecule has 0 radical (unpaired) electrons. The Morgan fingerprint density at radius 2 is 2.17 bits per heavy atom. The fraction of sp³-hybridized carbons (Fsp3) is 0.364. The molecule has 0 bridgehead atoms. The molecular formula is C11H14ClN3O3. The first kappa shape index (κ1) is 14.4. The van der Waals surface area contributed by atoms with Gasteiger partial charge in [0.1, 0.15) is 5.15 Å². The Kier molecular flexibility index (Phi) is 6.10. The molecule has 7 heteroatoms. The lowest BCUT2D eigenvalue weighted by atomic mass is 10.3. The summed E-state index contributed by atoms with van der Waals surface area (Å²) in [5.74, 6) is -0.650. The predicted molar refractivity (Wildman–Crippen MR) is 66.5 cm³/mol. The Hall–Kier alpha value is -1.66. The van der Waals surface area contributed by atoms with Crippen molar-refractivity contribution >= 4 is 23.4 Å². The zero-order valence-corrected chi connectivity index (χ0v) is 10.7. The van der Waals surface area contributed by atoms with E-state index >= 15 is 0 Å². The van der Waals surface area contributed by atoms with E-state index < -0.39 is 0 Å². The molecule has 1 aromatic heterocycles. The maximum absolute atomic E-state index is 11.6. The molecule has 0 fully saturated rings. The average Bonchev–Trinajstić information content (AvgIpc) is 2.37. The number of ether oxygens (including phenoxy) is 1. The van der Waals surface area contributed by atoms with Crippen LogP contribution in [0.1, 0.15) is 10.4 Å². The van der Waals surface area contributed by atoms with E-state index in [0.29, 0.717) is 23.9 Å². The van der Waals surface area contributed by atoms with Crippen LogP contribution in [0.2, 0.25) is 5.15 Å². The van der Waals surface area contributed by atoms with Gasteiger partial charge in [0.25, 0.3) is 5.91 Å². The van der Waals surface area contributed by atoms with Crippen LogP contribution in [-0.2, 0) is 9.53 Å². The topological polar surface area (TPSA) is 80.3 Å². The number of hydrogen-bond acceptors (Lipinski definition) is 4. The summed E-state index contributed by atoms with van der Waals surface area (Å²) < 4.78 is 4.78. The van der Waals surface area contributed by atoms with Gasteiger partial charge in [-0.2, -0.15) is 0 Å². The van der Waals surface area contributed by atoms with Crippen molar-refractivity contribution in [3.63, 3.8) is 0 Å². The van der Waals surface area contributed by atoms with Crippen molar-refractivity contribution in [2.75, 3.05) is 26.8 Å². The van der Waals surface area contributed by atoms with Crippen LogP contribution < -0.4 is 10.6 Å². The zero-order valence-electron chi connectivity index (χ0n) is 9.90. The quantitative estimate of drug-likeness (QED) is 0.573. The van der Waals surface area contributed by atoms with Gasteiger partial charge in [-0.25, -0.2) is 4.98 Å². The summed E-state index contributed by atoms with van der Waals surface area (Å²) >= 11 is 5.60. The normalized spacial score (nSPS) is 9.89. The van der Waals surface area contributed by atoms with E-state index in [1.807, 2.05) is 0 Å². The van der Waals surface area contributed by atoms with Gasteiger partial charge in [-0.15, -0.1) is 0 Å². The lowest BCUT2D eigenvalue weighted by molar-refractivity contribution is -0.120. The van der Waals surface area contributed by atoms with Crippen molar-refractivity contribution in [2.45, 2.75) is 0 Å². The number of rotatable bonds is 6. The molecule has 0 aromatic carbocycles. The number of carbonyl (C=O) groups is 2. The van der Waals surface area contributed by atoms with Gasteiger partial charge in [-0.1, -0.05) is 11.6 Å². The summed E-state index contributed by atoms with van der Waals surface area (Å²) in [6, 6.07) is 3.04. The van der Waals surface area contributed by atoms with E-state index in [1.165, 1.54) is 18.3 Å². The van der Waals surface area contributed by atoms with E-state index in [9.17, 15) is 9.59 Å². The third-order valence-corrected chi connectivity index (χ3v) is 2.25. The van der Waals surface area contributed by atoms with Crippen molar-refractivity contribution in [2.24, 2.45) is 0 Å².